The van der Waals surface area contributed by atoms with Gasteiger partial charge in [0.05, 0.1) is 6.54 Å². The summed E-state index contributed by atoms with van der Waals surface area (Å²) < 4.78 is 1.85. The number of nitrogens with one attached hydrogen (secondary N) is 1. The third kappa shape index (κ3) is 3.77. The molecule has 1 aromatic heterocycles. The van der Waals surface area contributed by atoms with Gasteiger partial charge >= 0.3 is 0 Å². The Kier molecular flexibility index (Phi) is 4.98. The quantitative estimate of drug-likeness (QED) is 0.750. The number of hydrogen-bond donors (Lipinski definition) is 1. The van der Waals surface area contributed by atoms with Crippen LogP contribution in [-0.2, 0) is 11.3 Å². The second-order valence-electron chi connectivity index (χ2n) is 7.75. The fourth-order valence-corrected chi connectivity index (χ4v) is 5.07. The lowest BCUT2D eigenvalue weighted by molar-refractivity contribution is -0.117. The second kappa shape index (κ2) is 7.24. The maximum atomic E-state index is 12.4. The molecule has 2 saturated carbocycles. The Hall–Kier alpha value is -1.52. The highest BCUT2D eigenvalue weighted by molar-refractivity contribution is 6.35. The summed E-state index contributed by atoms with van der Waals surface area (Å²) in [6, 6.07) is 7.36. The van der Waals surface area contributed by atoms with E-state index in [1.165, 1.54) is 25.7 Å². The average molecular weight is 392 g/mol. The van der Waals surface area contributed by atoms with Crippen molar-refractivity contribution in [1.29, 1.82) is 0 Å². The Morgan fingerprint density at radius 2 is 2.12 bits per heavy atom. The molecule has 2 fully saturated rings. The molecule has 0 aliphatic heterocycles. The topological polar surface area (TPSA) is 46.9 Å². The molecule has 3 atom stereocenters. The van der Waals surface area contributed by atoms with Gasteiger partial charge in [-0.2, -0.15) is 5.10 Å². The number of aromatic nitrogens is 2. The van der Waals surface area contributed by atoms with Gasteiger partial charge in [-0.3, -0.25) is 9.48 Å². The summed E-state index contributed by atoms with van der Waals surface area (Å²) >= 11 is 12.2. The number of anilines is 1. The molecule has 1 N–H and O–H groups in total. The first-order chi connectivity index (χ1) is 12.5. The molecule has 4 nitrogen and oxygen atoms in total. The second-order valence-corrected chi connectivity index (χ2v) is 8.60. The predicted molar refractivity (Wildman–Crippen MR) is 105 cm³/mol. The van der Waals surface area contributed by atoms with E-state index in [1.54, 1.807) is 6.07 Å². The summed E-state index contributed by atoms with van der Waals surface area (Å²) in [5.74, 6) is 2.88. The molecule has 2 bridgehead atoms. The minimum absolute atomic E-state index is 0.0803. The van der Waals surface area contributed by atoms with Gasteiger partial charge < -0.3 is 5.32 Å². The molecule has 1 aromatic carbocycles. The van der Waals surface area contributed by atoms with Crippen molar-refractivity contribution in [2.24, 2.45) is 17.8 Å². The number of fused-ring (bicyclic) bond motifs is 2. The largest absolute Gasteiger partial charge is 0.309 e. The number of hydrogen-bond acceptors (Lipinski definition) is 2. The molecule has 3 unspecified atom stereocenters. The number of carbonyl (C=O) groups excluding carboxylic acids is 1. The van der Waals surface area contributed by atoms with E-state index >= 15 is 0 Å². The number of rotatable bonds is 5. The zero-order valence-corrected chi connectivity index (χ0v) is 16.4. The number of aryl methyl sites for hydroxylation is 1. The van der Waals surface area contributed by atoms with E-state index in [0.717, 1.165) is 23.1 Å². The van der Waals surface area contributed by atoms with Gasteiger partial charge in [0.15, 0.2) is 5.82 Å². The van der Waals surface area contributed by atoms with Gasteiger partial charge in [0.25, 0.3) is 0 Å². The monoisotopic (exact) mass is 391 g/mol. The fourth-order valence-electron chi connectivity index (χ4n) is 4.60. The zero-order valence-electron chi connectivity index (χ0n) is 14.8. The molecule has 2 aliphatic carbocycles. The maximum absolute atomic E-state index is 12.4. The van der Waals surface area contributed by atoms with Crippen LogP contribution in [-0.4, -0.2) is 15.7 Å². The Morgan fingerprint density at radius 1 is 1.27 bits per heavy atom. The predicted octanol–water partition coefficient (Wildman–Crippen LogP) is 5.31. The van der Waals surface area contributed by atoms with Gasteiger partial charge in [-0.1, -0.05) is 35.7 Å². The van der Waals surface area contributed by atoms with Crippen LogP contribution in [0.25, 0.3) is 0 Å². The van der Waals surface area contributed by atoms with Gasteiger partial charge in [-0.25, -0.2) is 0 Å². The lowest BCUT2D eigenvalue weighted by Gasteiger charge is -2.20. The van der Waals surface area contributed by atoms with Crippen molar-refractivity contribution in [3.8, 4) is 0 Å². The van der Waals surface area contributed by atoms with Crippen LogP contribution in [0.15, 0.2) is 24.3 Å². The average Bonchev–Trinajstić information content (AvgIpc) is 3.26. The van der Waals surface area contributed by atoms with E-state index in [2.05, 4.69) is 10.4 Å². The molecular formula is C20H23Cl2N3O. The molecule has 2 aliphatic rings. The highest BCUT2D eigenvalue weighted by Crippen LogP contribution is 2.49. The number of halogens is 2. The van der Waals surface area contributed by atoms with Crippen molar-refractivity contribution in [2.75, 3.05) is 5.32 Å². The van der Waals surface area contributed by atoms with Crippen LogP contribution in [0.2, 0.25) is 10.0 Å². The molecule has 4 rings (SSSR count). The highest BCUT2D eigenvalue weighted by Gasteiger charge is 2.40. The van der Waals surface area contributed by atoms with Crippen molar-refractivity contribution >= 4 is 34.9 Å². The van der Waals surface area contributed by atoms with Crippen molar-refractivity contribution in [2.45, 2.75) is 45.6 Å². The summed E-state index contributed by atoms with van der Waals surface area (Å²) in [4.78, 5) is 12.4. The molecule has 1 amide bonds. The minimum Gasteiger partial charge on any atom is -0.309 e. The van der Waals surface area contributed by atoms with Crippen LogP contribution in [0.5, 0.6) is 0 Å². The van der Waals surface area contributed by atoms with E-state index in [0.29, 0.717) is 34.7 Å². The van der Waals surface area contributed by atoms with E-state index in [-0.39, 0.29) is 5.91 Å². The number of benzene rings is 1. The zero-order chi connectivity index (χ0) is 18.3. The summed E-state index contributed by atoms with van der Waals surface area (Å²) in [5, 5.41) is 8.73. The lowest BCUT2D eigenvalue weighted by atomic mass is 9.86. The first-order valence-electron chi connectivity index (χ1n) is 9.26. The van der Waals surface area contributed by atoms with Crippen molar-refractivity contribution in [1.82, 2.24) is 9.78 Å². The van der Waals surface area contributed by atoms with Crippen molar-refractivity contribution in [3.63, 3.8) is 0 Å². The lowest BCUT2D eigenvalue weighted by Crippen LogP contribution is -2.20. The summed E-state index contributed by atoms with van der Waals surface area (Å²) in [6.07, 6.45) is 5.84. The summed E-state index contributed by atoms with van der Waals surface area (Å²) in [7, 11) is 0. The van der Waals surface area contributed by atoms with Gasteiger partial charge in [-0.05, 0) is 61.6 Å². The molecule has 138 valence electrons. The Morgan fingerprint density at radius 3 is 2.81 bits per heavy atom. The number of nitrogens with zero attached hydrogens (tertiary/aromatic N) is 2. The molecule has 0 spiro atoms. The Labute approximate surface area is 163 Å². The number of carbonyl (C=O) groups is 1. The summed E-state index contributed by atoms with van der Waals surface area (Å²) in [6.45, 7) is 2.52. The third-order valence-electron chi connectivity index (χ3n) is 5.92. The van der Waals surface area contributed by atoms with Crippen molar-refractivity contribution < 1.29 is 4.79 Å². The van der Waals surface area contributed by atoms with Crippen molar-refractivity contribution in [3.05, 3.63) is 45.6 Å². The molecule has 0 saturated heterocycles. The van der Waals surface area contributed by atoms with Gasteiger partial charge in [0.1, 0.15) is 0 Å². The number of amides is 1. The van der Waals surface area contributed by atoms with Crippen LogP contribution in [0.3, 0.4) is 0 Å². The molecule has 26 heavy (non-hydrogen) atoms. The van der Waals surface area contributed by atoms with E-state index < -0.39 is 0 Å². The normalized spacial score (nSPS) is 24.2. The van der Waals surface area contributed by atoms with E-state index in [1.807, 2.05) is 29.8 Å². The minimum atomic E-state index is 0.0803. The third-order valence-corrected chi connectivity index (χ3v) is 6.50. The van der Waals surface area contributed by atoms with Gasteiger partial charge in [0.2, 0.25) is 5.91 Å². The van der Waals surface area contributed by atoms with Crippen LogP contribution in [0, 0.1) is 24.7 Å². The molecule has 2 aromatic rings. The molecular weight excluding hydrogens is 369 g/mol. The Bertz CT molecular complexity index is 832. The maximum Gasteiger partial charge on any atom is 0.225 e. The van der Waals surface area contributed by atoms with Crippen LogP contribution in [0.1, 0.15) is 43.4 Å². The smallest absolute Gasteiger partial charge is 0.225 e. The van der Waals surface area contributed by atoms with E-state index in [9.17, 15) is 4.79 Å². The fraction of sp³-hybridized carbons (Fsp3) is 0.500. The van der Waals surface area contributed by atoms with Crippen LogP contribution < -0.4 is 5.32 Å². The molecule has 0 radical (unpaired) electrons. The van der Waals surface area contributed by atoms with Gasteiger partial charge in [0, 0.05) is 28.2 Å². The highest BCUT2D eigenvalue weighted by atomic mass is 35.5. The standard InChI is InChI=1S/C20H23Cl2N3O/c1-12-6-19(23-20(26)9-16-8-13-2-3-14(16)7-13)24-25(12)11-15-4-5-17(21)10-18(15)22/h4-6,10,13-14,16H,2-3,7-9,11H2,1H3,(H,23,24,26). The van der Waals surface area contributed by atoms with Crippen LogP contribution >= 0.6 is 23.2 Å². The molecule has 1 heterocycles. The Balaban J connectivity index is 1.39. The van der Waals surface area contributed by atoms with Gasteiger partial charge in [-0.15, -0.1) is 0 Å². The van der Waals surface area contributed by atoms with Crippen LogP contribution in [0.4, 0.5) is 5.82 Å². The first kappa shape index (κ1) is 17.9. The molecule has 6 heteroatoms. The summed E-state index contributed by atoms with van der Waals surface area (Å²) in [5.41, 5.74) is 1.92. The van der Waals surface area contributed by atoms with E-state index in [4.69, 9.17) is 23.2 Å². The first-order valence-corrected chi connectivity index (χ1v) is 10.0. The SMILES string of the molecule is Cc1cc(NC(=O)CC2CC3CCC2C3)nn1Cc1ccc(Cl)cc1Cl.